The summed E-state index contributed by atoms with van der Waals surface area (Å²) in [6.45, 7) is 2.08. The SMILES string of the molecule is CCOC(=O)c1c[nH]c2c(-n3cccn3)ncnc12.O=C(O)c1c[nH]c2c(-n3cccn3)ncnc12. The van der Waals surface area contributed by atoms with Gasteiger partial charge in [0.1, 0.15) is 45.8 Å². The van der Waals surface area contributed by atoms with E-state index in [9.17, 15) is 9.59 Å². The third kappa shape index (κ3) is 4.02. The molecule has 0 atom stereocenters. The molecule has 0 aliphatic rings. The standard InChI is InChI=1S/C12H11N5O2.C10H7N5O2/c1-2-19-12(18)8-6-13-10-9(8)14-7-15-11(10)17-5-3-4-16-17;16-10(17)6-4-11-8-7(6)12-5-13-9(8)15-3-1-2-14-15/h3-7,13H,2H2,1H3;1-5,11H,(H,16,17). The number of carbonyl (C=O) groups is 2. The van der Waals surface area contributed by atoms with Crippen LogP contribution < -0.4 is 0 Å². The fourth-order valence-corrected chi connectivity index (χ4v) is 3.52. The Balaban J connectivity index is 0.000000149. The molecule has 14 nitrogen and oxygen atoms in total. The first-order valence-corrected chi connectivity index (χ1v) is 10.6. The number of carboxylic acids is 1. The third-order valence-electron chi connectivity index (χ3n) is 5.06. The van der Waals surface area contributed by atoms with Gasteiger partial charge in [-0.1, -0.05) is 0 Å². The van der Waals surface area contributed by atoms with Gasteiger partial charge in [-0.2, -0.15) is 10.2 Å². The Labute approximate surface area is 201 Å². The number of aromatic amines is 2. The van der Waals surface area contributed by atoms with Gasteiger partial charge in [-0.05, 0) is 19.1 Å². The molecule has 6 heterocycles. The number of carbonyl (C=O) groups excluding carboxylic acids is 1. The largest absolute Gasteiger partial charge is 0.478 e. The molecule has 0 fully saturated rings. The molecule has 0 bridgehead atoms. The van der Waals surface area contributed by atoms with Crippen LogP contribution in [0.3, 0.4) is 0 Å². The number of aromatic nitrogens is 10. The zero-order valence-corrected chi connectivity index (χ0v) is 18.7. The summed E-state index contributed by atoms with van der Waals surface area (Å²) in [7, 11) is 0. The van der Waals surface area contributed by atoms with Crippen LogP contribution in [0.5, 0.6) is 0 Å². The fourth-order valence-electron chi connectivity index (χ4n) is 3.52. The first-order chi connectivity index (χ1) is 17.6. The van der Waals surface area contributed by atoms with Crippen molar-refractivity contribution in [3.05, 3.63) is 73.1 Å². The quantitative estimate of drug-likeness (QED) is 0.305. The van der Waals surface area contributed by atoms with Gasteiger partial charge in [0.05, 0.1) is 6.61 Å². The molecule has 36 heavy (non-hydrogen) atoms. The molecule has 180 valence electrons. The number of aromatic carboxylic acids is 1. The summed E-state index contributed by atoms with van der Waals surface area (Å²) in [5.74, 6) is -0.321. The maximum absolute atomic E-state index is 11.8. The summed E-state index contributed by atoms with van der Waals surface area (Å²) in [4.78, 5) is 45.0. The normalized spacial score (nSPS) is 10.8. The van der Waals surface area contributed by atoms with Crippen LogP contribution in [0, 0.1) is 0 Å². The van der Waals surface area contributed by atoms with Gasteiger partial charge in [-0.3, -0.25) is 0 Å². The molecule has 6 aromatic heterocycles. The lowest BCUT2D eigenvalue weighted by Gasteiger charge is -2.02. The smallest absolute Gasteiger partial charge is 0.341 e. The minimum atomic E-state index is -1.03. The van der Waals surface area contributed by atoms with E-state index in [-0.39, 0.29) is 5.56 Å². The Hall–Kier alpha value is -5.40. The van der Waals surface area contributed by atoms with E-state index < -0.39 is 11.9 Å². The van der Waals surface area contributed by atoms with E-state index in [0.717, 1.165) is 0 Å². The number of hydrogen-bond donors (Lipinski definition) is 3. The summed E-state index contributed by atoms with van der Waals surface area (Å²) in [5.41, 5.74) is 2.61. The topological polar surface area (TPSA) is 182 Å². The number of rotatable bonds is 5. The second kappa shape index (κ2) is 9.46. The fraction of sp³-hybridized carbons (Fsp3) is 0.0909. The number of hydrogen-bond acceptors (Lipinski definition) is 9. The van der Waals surface area contributed by atoms with Crippen molar-refractivity contribution < 1.29 is 19.4 Å². The van der Waals surface area contributed by atoms with E-state index in [2.05, 4.69) is 40.1 Å². The lowest BCUT2D eigenvalue weighted by molar-refractivity contribution is 0.0528. The van der Waals surface area contributed by atoms with Gasteiger partial charge in [0.15, 0.2) is 11.6 Å². The second-order valence-electron chi connectivity index (χ2n) is 7.17. The van der Waals surface area contributed by atoms with E-state index in [0.29, 0.717) is 45.9 Å². The van der Waals surface area contributed by atoms with Crippen LogP contribution in [0.1, 0.15) is 27.6 Å². The average Bonchev–Trinajstić information content (AvgIpc) is 3.69. The van der Waals surface area contributed by atoms with Crippen LogP contribution in [0.25, 0.3) is 33.7 Å². The summed E-state index contributed by atoms with van der Waals surface area (Å²) in [6.07, 6.45) is 12.5. The molecule has 3 N–H and O–H groups in total. The van der Waals surface area contributed by atoms with Gasteiger partial charge in [-0.15, -0.1) is 0 Å². The predicted molar refractivity (Wildman–Crippen MR) is 125 cm³/mol. The lowest BCUT2D eigenvalue weighted by Crippen LogP contribution is -2.05. The van der Waals surface area contributed by atoms with E-state index in [1.165, 1.54) is 18.9 Å². The van der Waals surface area contributed by atoms with Crippen molar-refractivity contribution in [2.75, 3.05) is 6.61 Å². The summed E-state index contributed by atoms with van der Waals surface area (Å²) in [6, 6.07) is 3.55. The van der Waals surface area contributed by atoms with Crippen LogP contribution >= 0.6 is 0 Å². The van der Waals surface area contributed by atoms with E-state index in [4.69, 9.17) is 9.84 Å². The van der Waals surface area contributed by atoms with Gasteiger partial charge in [0.25, 0.3) is 0 Å². The Morgan fingerprint density at radius 1 is 0.861 bits per heavy atom. The van der Waals surface area contributed by atoms with Crippen molar-refractivity contribution >= 4 is 34.0 Å². The lowest BCUT2D eigenvalue weighted by atomic mass is 10.3. The Morgan fingerprint density at radius 3 is 1.86 bits per heavy atom. The number of carboxylic acid groups (broad SMARTS) is 1. The first kappa shape index (κ1) is 22.4. The monoisotopic (exact) mass is 486 g/mol. The molecule has 0 saturated heterocycles. The number of nitrogens with one attached hydrogen (secondary N) is 2. The Bertz CT molecular complexity index is 1650. The van der Waals surface area contributed by atoms with Gasteiger partial charge in [0.2, 0.25) is 0 Å². The summed E-state index contributed by atoms with van der Waals surface area (Å²) < 4.78 is 8.14. The van der Waals surface area contributed by atoms with E-state index in [1.807, 2.05) is 0 Å². The highest BCUT2D eigenvalue weighted by atomic mass is 16.5. The van der Waals surface area contributed by atoms with Crippen LogP contribution in [0.4, 0.5) is 0 Å². The molecular weight excluding hydrogens is 468 g/mol. The average molecular weight is 486 g/mol. The summed E-state index contributed by atoms with van der Waals surface area (Å²) >= 11 is 0. The molecule has 0 spiro atoms. The molecule has 0 unspecified atom stereocenters. The molecule has 0 amide bonds. The third-order valence-corrected chi connectivity index (χ3v) is 5.06. The van der Waals surface area contributed by atoms with E-state index in [1.54, 1.807) is 59.4 Å². The maximum Gasteiger partial charge on any atom is 0.341 e. The number of ether oxygens (including phenoxy) is 1. The molecule has 0 radical (unpaired) electrons. The maximum atomic E-state index is 11.8. The second-order valence-corrected chi connectivity index (χ2v) is 7.17. The zero-order chi connectivity index (χ0) is 25.1. The van der Waals surface area contributed by atoms with Crippen molar-refractivity contribution in [2.45, 2.75) is 6.92 Å². The van der Waals surface area contributed by atoms with Gasteiger partial charge < -0.3 is 19.8 Å². The van der Waals surface area contributed by atoms with Crippen LogP contribution in [-0.4, -0.2) is 73.1 Å². The Morgan fingerprint density at radius 2 is 1.39 bits per heavy atom. The molecule has 0 aliphatic heterocycles. The van der Waals surface area contributed by atoms with Crippen molar-refractivity contribution in [1.29, 1.82) is 0 Å². The highest BCUT2D eigenvalue weighted by Gasteiger charge is 2.18. The van der Waals surface area contributed by atoms with Crippen molar-refractivity contribution in [1.82, 2.24) is 49.5 Å². The van der Waals surface area contributed by atoms with Crippen LogP contribution in [0.2, 0.25) is 0 Å². The van der Waals surface area contributed by atoms with Crippen LogP contribution in [0.15, 0.2) is 62.0 Å². The highest BCUT2D eigenvalue weighted by Crippen LogP contribution is 2.21. The minimum Gasteiger partial charge on any atom is -0.478 e. The molecular formula is C22H18N10O4. The molecule has 6 rings (SSSR count). The number of nitrogens with zero attached hydrogens (tertiary/aromatic N) is 8. The molecule has 0 aliphatic carbocycles. The van der Waals surface area contributed by atoms with Gasteiger partial charge in [-0.25, -0.2) is 38.9 Å². The Kier molecular flexibility index (Phi) is 5.88. The van der Waals surface area contributed by atoms with Gasteiger partial charge >= 0.3 is 11.9 Å². The van der Waals surface area contributed by atoms with Crippen molar-refractivity contribution in [3.63, 3.8) is 0 Å². The first-order valence-electron chi connectivity index (χ1n) is 10.6. The van der Waals surface area contributed by atoms with Crippen molar-refractivity contribution in [3.8, 4) is 11.6 Å². The number of fused-ring (bicyclic) bond motifs is 2. The van der Waals surface area contributed by atoms with E-state index >= 15 is 0 Å². The van der Waals surface area contributed by atoms with Crippen LogP contribution in [-0.2, 0) is 4.74 Å². The molecule has 6 aromatic rings. The minimum absolute atomic E-state index is 0.121. The van der Waals surface area contributed by atoms with Crippen molar-refractivity contribution in [2.24, 2.45) is 0 Å². The highest BCUT2D eigenvalue weighted by molar-refractivity contribution is 6.04. The molecule has 0 saturated carbocycles. The summed E-state index contributed by atoms with van der Waals surface area (Å²) in [5, 5.41) is 17.2. The predicted octanol–water partition coefficient (Wildman–Crippen LogP) is 2.16. The number of H-pyrrole nitrogens is 2. The molecule has 0 aromatic carbocycles. The number of esters is 1. The molecule has 14 heteroatoms. The van der Waals surface area contributed by atoms with Gasteiger partial charge in [0, 0.05) is 37.2 Å². The zero-order valence-electron chi connectivity index (χ0n) is 18.7.